The Balaban J connectivity index is 2.49. The molecular formula is C3H2ClO2P. The van der Waals surface area contributed by atoms with Crippen molar-refractivity contribution in [1.29, 1.82) is 0 Å². The van der Waals surface area contributed by atoms with Gasteiger partial charge in [-0.15, -0.1) is 0 Å². The number of hydrogen-bond donors (Lipinski definition) is 0. The van der Waals surface area contributed by atoms with E-state index in [2.05, 4.69) is 14.8 Å². The van der Waals surface area contributed by atoms with Gasteiger partial charge in [0.05, 0.1) is 0 Å². The van der Waals surface area contributed by atoms with Gasteiger partial charge in [0.15, 0.2) is 0 Å². The summed E-state index contributed by atoms with van der Waals surface area (Å²) in [6, 6.07) is 0. The highest BCUT2D eigenvalue weighted by molar-refractivity contribution is 7.76. The zero-order chi connectivity index (χ0) is 5.11. The summed E-state index contributed by atoms with van der Waals surface area (Å²) in [4.78, 5) is 0. The van der Waals surface area contributed by atoms with Crippen molar-refractivity contribution in [3.8, 4) is 0 Å². The molecule has 0 unspecified atom stereocenters. The SMILES string of the molecule is ClP1OC=C=CO1. The van der Waals surface area contributed by atoms with Crippen molar-refractivity contribution in [2.75, 3.05) is 0 Å². The van der Waals surface area contributed by atoms with E-state index in [0.717, 1.165) is 0 Å². The molecule has 2 nitrogen and oxygen atoms in total. The third-order valence-corrected chi connectivity index (χ3v) is 1.43. The van der Waals surface area contributed by atoms with Crippen LogP contribution in [-0.4, -0.2) is 0 Å². The van der Waals surface area contributed by atoms with E-state index in [9.17, 15) is 0 Å². The van der Waals surface area contributed by atoms with E-state index in [1.165, 1.54) is 12.5 Å². The highest BCUT2D eigenvalue weighted by atomic mass is 35.7. The fraction of sp³-hybridized carbons (Fsp3) is 0. The van der Waals surface area contributed by atoms with E-state index in [1.807, 2.05) is 0 Å². The standard InChI is InChI=1S/C3H2ClO2P/c4-7-5-2-1-3-6-7/h2-3H. The topological polar surface area (TPSA) is 18.5 Å². The Kier molecular flexibility index (Phi) is 1.59. The van der Waals surface area contributed by atoms with Crippen molar-refractivity contribution >= 4 is 19.0 Å². The third kappa shape index (κ3) is 1.40. The maximum Gasteiger partial charge on any atom is 0.401 e. The molecule has 0 aromatic rings. The van der Waals surface area contributed by atoms with Gasteiger partial charge in [0.2, 0.25) is 0 Å². The second-order valence-corrected chi connectivity index (χ2v) is 2.50. The molecule has 0 fully saturated rings. The molecule has 0 aromatic heterocycles. The van der Waals surface area contributed by atoms with E-state index in [-0.39, 0.29) is 0 Å². The van der Waals surface area contributed by atoms with Crippen LogP contribution in [0.5, 0.6) is 0 Å². The van der Waals surface area contributed by atoms with E-state index < -0.39 is 7.73 Å². The van der Waals surface area contributed by atoms with E-state index in [0.29, 0.717) is 0 Å². The van der Waals surface area contributed by atoms with Crippen molar-refractivity contribution in [3.63, 3.8) is 0 Å². The van der Waals surface area contributed by atoms with Crippen LogP contribution in [0.1, 0.15) is 0 Å². The predicted octanol–water partition coefficient (Wildman–Crippen LogP) is 2.13. The van der Waals surface area contributed by atoms with Crippen molar-refractivity contribution in [2.24, 2.45) is 0 Å². The molecule has 0 atom stereocenters. The average molecular weight is 136 g/mol. The lowest BCUT2D eigenvalue weighted by Crippen LogP contribution is -1.73. The van der Waals surface area contributed by atoms with Gasteiger partial charge in [0, 0.05) is 0 Å². The van der Waals surface area contributed by atoms with Gasteiger partial charge in [-0.3, -0.25) is 0 Å². The maximum atomic E-state index is 5.33. The Morgan fingerprint density at radius 2 is 2.00 bits per heavy atom. The molecule has 0 N–H and O–H groups in total. The van der Waals surface area contributed by atoms with Crippen LogP contribution in [-0.2, 0) is 9.05 Å². The van der Waals surface area contributed by atoms with Crippen molar-refractivity contribution < 1.29 is 9.05 Å². The summed E-state index contributed by atoms with van der Waals surface area (Å²) in [5, 5.41) is 0. The molecule has 1 rings (SSSR count). The van der Waals surface area contributed by atoms with Crippen LogP contribution < -0.4 is 0 Å². The average Bonchev–Trinajstić information content (AvgIpc) is 1.69. The molecule has 38 valence electrons. The number of halogens is 1. The second-order valence-electron chi connectivity index (χ2n) is 0.826. The third-order valence-electron chi connectivity index (χ3n) is 0.407. The fourth-order valence-corrected chi connectivity index (χ4v) is 0.773. The lowest BCUT2D eigenvalue weighted by Gasteiger charge is -2.04. The maximum absolute atomic E-state index is 5.33. The molecule has 1 aliphatic heterocycles. The van der Waals surface area contributed by atoms with Gasteiger partial charge in [-0.2, -0.15) is 0 Å². The summed E-state index contributed by atoms with van der Waals surface area (Å²) in [7, 11) is -1.19. The van der Waals surface area contributed by atoms with Crippen LogP contribution in [0, 0.1) is 0 Å². The molecule has 7 heavy (non-hydrogen) atoms. The quantitative estimate of drug-likeness (QED) is 0.375. The summed E-state index contributed by atoms with van der Waals surface area (Å²) in [5.74, 6) is 0. The molecule has 1 heterocycles. The molecule has 1 aliphatic rings. The van der Waals surface area contributed by atoms with Crippen molar-refractivity contribution in [1.82, 2.24) is 0 Å². The van der Waals surface area contributed by atoms with Gasteiger partial charge in [-0.25, -0.2) is 0 Å². The Bertz CT molecular complexity index is 108. The lowest BCUT2D eigenvalue weighted by atomic mass is 10.9. The molecule has 0 amide bonds. The van der Waals surface area contributed by atoms with Crippen LogP contribution >= 0.6 is 19.0 Å². The minimum absolute atomic E-state index is 1.19. The summed E-state index contributed by atoms with van der Waals surface area (Å²) >= 11 is 5.33. The van der Waals surface area contributed by atoms with Crippen LogP contribution in [0.25, 0.3) is 0 Å². The largest absolute Gasteiger partial charge is 0.427 e. The molecule has 0 aliphatic carbocycles. The number of hydrogen-bond acceptors (Lipinski definition) is 2. The summed E-state index contributed by atoms with van der Waals surface area (Å²) < 4.78 is 9.24. The first-order valence-electron chi connectivity index (χ1n) is 1.58. The minimum Gasteiger partial charge on any atom is -0.427 e. The molecule has 0 saturated carbocycles. The van der Waals surface area contributed by atoms with Crippen molar-refractivity contribution in [3.05, 3.63) is 18.3 Å². The molecule has 0 spiro atoms. The van der Waals surface area contributed by atoms with Crippen LogP contribution in [0.3, 0.4) is 0 Å². The first-order chi connectivity index (χ1) is 3.39. The van der Waals surface area contributed by atoms with Gasteiger partial charge in [-0.1, -0.05) is 0 Å². The van der Waals surface area contributed by atoms with Crippen LogP contribution in [0.15, 0.2) is 18.3 Å². The number of rotatable bonds is 0. The van der Waals surface area contributed by atoms with Crippen molar-refractivity contribution in [2.45, 2.75) is 0 Å². The highest BCUT2D eigenvalue weighted by Crippen LogP contribution is 2.45. The van der Waals surface area contributed by atoms with E-state index in [4.69, 9.17) is 11.2 Å². The highest BCUT2D eigenvalue weighted by Gasteiger charge is 2.04. The van der Waals surface area contributed by atoms with Gasteiger partial charge < -0.3 is 9.05 Å². The Morgan fingerprint density at radius 3 is 2.29 bits per heavy atom. The van der Waals surface area contributed by atoms with Gasteiger partial charge >= 0.3 is 7.73 Å². The van der Waals surface area contributed by atoms with Gasteiger partial charge in [0.1, 0.15) is 12.5 Å². The Hall–Kier alpha value is -0.160. The zero-order valence-electron chi connectivity index (χ0n) is 3.30. The van der Waals surface area contributed by atoms with Crippen LogP contribution in [0.2, 0.25) is 0 Å². The summed E-state index contributed by atoms with van der Waals surface area (Å²) in [6.45, 7) is 0. The molecule has 4 heteroatoms. The smallest absolute Gasteiger partial charge is 0.401 e. The van der Waals surface area contributed by atoms with E-state index >= 15 is 0 Å². The lowest BCUT2D eigenvalue weighted by molar-refractivity contribution is 0.410. The molecule has 0 bridgehead atoms. The predicted molar refractivity (Wildman–Crippen MR) is 27.6 cm³/mol. The first-order valence-corrected chi connectivity index (χ1v) is 3.67. The molecule has 0 saturated heterocycles. The fourth-order valence-electron chi connectivity index (χ4n) is 0.196. The Labute approximate surface area is 47.1 Å². The van der Waals surface area contributed by atoms with Crippen LogP contribution in [0.4, 0.5) is 0 Å². The molecule has 0 radical (unpaired) electrons. The van der Waals surface area contributed by atoms with E-state index in [1.54, 1.807) is 0 Å². The minimum atomic E-state index is -1.19. The normalized spacial score (nSPS) is 18.4. The second kappa shape index (κ2) is 2.23. The van der Waals surface area contributed by atoms with Gasteiger partial charge in [-0.05, 0) is 17.0 Å². The summed E-state index contributed by atoms with van der Waals surface area (Å²) in [6.07, 6.45) is 2.75. The Morgan fingerprint density at radius 1 is 1.43 bits per heavy atom. The summed E-state index contributed by atoms with van der Waals surface area (Å²) in [5.41, 5.74) is 2.55. The van der Waals surface area contributed by atoms with Gasteiger partial charge in [0.25, 0.3) is 0 Å². The molecular weight excluding hydrogens is 134 g/mol. The zero-order valence-corrected chi connectivity index (χ0v) is 4.95. The first kappa shape index (κ1) is 4.99. The monoisotopic (exact) mass is 136 g/mol. The molecule has 0 aromatic carbocycles.